The van der Waals surface area contributed by atoms with Gasteiger partial charge in [0.1, 0.15) is 5.82 Å². The van der Waals surface area contributed by atoms with Crippen LogP contribution in [-0.4, -0.2) is 16.1 Å². The van der Waals surface area contributed by atoms with Gasteiger partial charge in [-0.3, -0.25) is 9.78 Å². The highest BCUT2D eigenvalue weighted by molar-refractivity contribution is 5.84. The highest BCUT2D eigenvalue weighted by Gasteiger charge is 2.53. The first-order valence-electron chi connectivity index (χ1n) is 4.00. The molecule has 1 aliphatic rings. The van der Waals surface area contributed by atoms with Crippen LogP contribution in [0.3, 0.4) is 0 Å². The van der Waals surface area contributed by atoms with Gasteiger partial charge >= 0.3 is 5.97 Å². The fourth-order valence-corrected chi connectivity index (χ4v) is 1.49. The summed E-state index contributed by atoms with van der Waals surface area (Å²) >= 11 is 0. The van der Waals surface area contributed by atoms with E-state index in [0.29, 0.717) is 12.8 Å². The molecule has 0 amide bonds. The number of carboxylic acids is 1. The van der Waals surface area contributed by atoms with E-state index in [1.807, 2.05) is 0 Å². The third-order valence-electron chi connectivity index (χ3n) is 2.45. The average molecular weight is 181 g/mol. The summed E-state index contributed by atoms with van der Waals surface area (Å²) < 4.78 is 13.2. The molecular formula is C9H8FNO2. The van der Waals surface area contributed by atoms with Crippen molar-refractivity contribution in [2.24, 2.45) is 0 Å². The summed E-state index contributed by atoms with van der Waals surface area (Å²) in [5.74, 6) is -1.47. The van der Waals surface area contributed by atoms with E-state index in [1.165, 1.54) is 12.3 Å². The third kappa shape index (κ3) is 1.09. The maximum Gasteiger partial charge on any atom is 0.314 e. The molecule has 68 valence electrons. The number of hydrogen-bond acceptors (Lipinski definition) is 2. The lowest BCUT2D eigenvalue weighted by atomic mass is 9.97. The lowest BCUT2D eigenvalue weighted by molar-refractivity contribution is -0.140. The molecule has 0 aromatic carbocycles. The first kappa shape index (κ1) is 8.16. The van der Waals surface area contributed by atoms with Crippen molar-refractivity contribution in [3.63, 3.8) is 0 Å². The largest absolute Gasteiger partial charge is 0.481 e. The van der Waals surface area contributed by atoms with Crippen LogP contribution in [0.25, 0.3) is 0 Å². The van der Waals surface area contributed by atoms with Crippen LogP contribution in [0.1, 0.15) is 18.4 Å². The molecule has 1 aromatic heterocycles. The molecule has 0 bridgehead atoms. The van der Waals surface area contributed by atoms with Gasteiger partial charge in [0, 0.05) is 11.8 Å². The van der Waals surface area contributed by atoms with Gasteiger partial charge in [-0.1, -0.05) is 0 Å². The summed E-state index contributed by atoms with van der Waals surface area (Å²) in [4.78, 5) is 14.4. The van der Waals surface area contributed by atoms with Crippen LogP contribution >= 0.6 is 0 Å². The maximum absolute atomic E-state index is 13.2. The lowest BCUT2D eigenvalue weighted by Crippen LogP contribution is -2.20. The Hall–Kier alpha value is -1.45. The molecule has 0 unspecified atom stereocenters. The second-order valence-corrected chi connectivity index (χ2v) is 3.24. The van der Waals surface area contributed by atoms with Gasteiger partial charge in [0.05, 0.1) is 11.6 Å². The van der Waals surface area contributed by atoms with Crippen molar-refractivity contribution in [2.45, 2.75) is 18.3 Å². The molecule has 0 radical (unpaired) electrons. The van der Waals surface area contributed by atoms with Crippen molar-refractivity contribution in [3.05, 3.63) is 29.8 Å². The van der Waals surface area contributed by atoms with Crippen molar-refractivity contribution >= 4 is 5.97 Å². The van der Waals surface area contributed by atoms with Gasteiger partial charge in [-0.15, -0.1) is 0 Å². The molecular weight excluding hydrogens is 173 g/mol. The van der Waals surface area contributed by atoms with Crippen molar-refractivity contribution < 1.29 is 14.3 Å². The number of rotatable bonds is 2. The summed E-state index contributed by atoms with van der Waals surface area (Å²) in [6, 6.07) is 1.44. The first-order valence-corrected chi connectivity index (χ1v) is 4.00. The van der Waals surface area contributed by atoms with Crippen LogP contribution in [0.4, 0.5) is 4.39 Å². The molecule has 2 rings (SSSR count). The van der Waals surface area contributed by atoms with E-state index in [4.69, 9.17) is 5.11 Å². The van der Waals surface area contributed by atoms with Gasteiger partial charge in [0.2, 0.25) is 0 Å². The van der Waals surface area contributed by atoms with Crippen LogP contribution in [-0.2, 0) is 10.2 Å². The van der Waals surface area contributed by atoms with Crippen molar-refractivity contribution in [1.29, 1.82) is 0 Å². The highest BCUT2D eigenvalue weighted by Crippen LogP contribution is 2.48. The van der Waals surface area contributed by atoms with Crippen molar-refractivity contribution in [1.82, 2.24) is 4.98 Å². The Labute approximate surface area is 74.2 Å². The maximum atomic E-state index is 13.2. The Balaban J connectivity index is 2.47. The molecule has 1 aliphatic carbocycles. The minimum atomic E-state index is -0.965. The molecule has 1 saturated carbocycles. The molecule has 0 saturated heterocycles. The van der Waals surface area contributed by atoms with Crippen LogP contribution in [0.15, 0.2) is 18.5 Å². The standard InChI is InChI=1S/C9H8FNO2/c10-7-5-11-4-1-6(7)9(2-3-9)8(12)13/h1,4-5H,2-3H2,(H,12,13). The van der Waals surface area contributed by atoms with Gasteiger partial charge in [0.15, 0.2) is 0 Å². The molecule has 0 spiro atoms. The molecule has 1 fully saturated rings. The Morgan fingerprint density at radius 3 is 2.77 bits per heavy atom. The average Bonchev–Trinajstić information content (AvgIpc) is 2.85. The zero-order valence-electron chi connectivity index (χ0n) is 6.83. The second-order valence-electron chi connectivity index (χ2n) is 3.24. The number of pyridine rings is 1. The molecule has 1 aromatic rings. The Kier molecular flexibility index (Phi) is 1.58. The van der Waals surface area contributed by atoms with E-state index >= 15 is 0 Å². The van der Waals surface area contributed by atoms with Gasteiger partial charge in [-0.05, 0) is 18.9 Å². The van der Waals surface area contributed by atoms with E-state index < -0.39 is 17.2 Å². The molecule has 1 heterocycles. The van der Waals surface area contributed by atoms with Gasteiger partial charge < -0.3 is 5.11 Å². The van der Waals surface area contributed by atoms with Gasteiger partial charge in [0.25, 0.3) is 0 Å². The highest BCUT2D eigenvalue weighted by atomic mass is 19.1. The van der Waals surface area contributed by atoms with Gasteiger partial charge in [-0.25, -0.2) is 4.39 Å². The quantitative estimate of drug-likeness (QED) is 0.748. The minimum absolute atomic E-state index is 0.259. The number of hydrogen-bond donors (Lipinski definition) is 1. The van der Waals surface area contributed by atoms with E-state index in [-0.39, 0.29) is 5.56 Å². The van der Waals surface area contributed by atoms with Crippen LogP contribution in [0.5, 0.6) is 0 Å². The van der Waals surface area contributed by atoms with Crippen molar-refractivity contribution in [2.75, 3.05) is 0 Å². The molecule has 0 atom stereocenters. The van der Waals surface area contributed by atoms with Gasteiger partial charge in [-0.2, -0.15) is 0 Å². The zero-order chi connectivity index (χ0) is 9.47. The fraction of sp³-hybridized carbons (Fsp3) is 0.333. The van der Waals surface area contributed by atoms with Crippen LogP contribution in [0, 0.1) is 5.82 Å². The minimum Gasteiger partial charge on any atom is -0.481 e. The smallest absolute Gasteiger partial charge is 0.314 e. The number of carboxylic acid groups (broad SMARTS) is 1. The zero-order valence-corrected chi connectivity index (χ0v) is 6.83. The first-order chi connectivity index (χ1) is 6.17. The number of carbonyl (C=O) groups is 1. The van der Waals surface area contributed by atoms with Crippen LogP contribution in [0.2, 0.25) is 0 Å². The molecule has 0 aliphatic heterocycles. The third-order valence-corrected chi connectivity index (χ3v) is 2.45. The Bertz CT molecular complexity index is 360. The fourth-order valence-electron chi connectivity index (χ4n) is 1.49. The molecule has 13 heavy (non-hydrogen) atoms. The molecule has 3 nitrogen and oxygen atoms in total. The van der Waals surface area contributed by atoms with Crippen molar-refractivity contribution in [3.8, 4) is 0 Å². The second kappa shape index (κ2) is 2.52. The summed E-state index contributed by atoms with van der Waals surface area (Å²) in [5, 5.41) is 8.89. The topological polar surface area (TPSA) is 50.2 Å². The van der Waals surface area contributed by atoms with E-state index in [9.17, 15) is 9.18 Å². The monoisotopic (exact) mass is 181 g/mol. The lowest BCUT2D eigenvalue weighted by Gasteiger charge is -2.09. The predicted octanol–water partition coefficient (Wildman–Crippen LogP) is 1.34. The van der Waals surface area contributed by atoms with Crippen LogP contribution < -0.4 is 0 Å². The van der Waals surface area contributed by atoms with E-state index in [2.05, 4.69) is 4.98 Å². The number of halogens is 1. The number of aliphatic carboxylic acids is 1. The molecule has 1 N–H and O–H groups in total. The summed E-state index contributed by atoms with van der Waals surface area (Å²) in [6.45, 7) is 0. The normalized spacial score (nSPS) is 18.2. The Morgan fingerprint density at radius 1 is 1.62 bits per heavy atom. The number of nitrogens with zero attached hydrogens (tertiary/aromatic N) is 1. The summed E-state index contributed by atoms with van der Waals surface area (Å²) in [6.07, 6.45) is 3.51. The van der Waals surface area contributed by atoms with E-state index in [1.54, 1.807) is 0 Å². The Morgan fingerprint density at radius 2 is 2.31 bits per heavy atom. The molecule has 4 heteroatoms. The predicted molar refractivity (Wildman–Crippen MR) is 42.7 cm³/mol. The SMILES string of the molecule is O=C(O)C1(c2ccncc2F)CC1. The number of aromatic nitrogens is 1. The summed E-state index contributed by atoms with van der Waals surface area (Å²) in [5.41, 5.74) is -0.706. The summed E-state index contributed by atoms with van der Waals surface area (Å²) in [7, 11) is 0. The van der Waals surface area contributed by atoms with E-state index in [0.717, 1.165) is 6.20 Å².